The van der Waals surface area contributed by atoms with Gasteiger partial charge in [-0.2, -0.15) is 0 Å². The van der Waals surface area contributed by atoms with Gasteiger partial charge in [-0.15, -0.1) is 0 Å². The first-order valence-corrected chi connectivity index (χ1v) is 6.59. The lowest BCUT2D eigenvalue weighted by Crippen LogP contribution is -1.90. The smallest absolute Gasteiger partial charge is 0.159 e. The van der Waals surface area contributed by atoms with Crippen molar-refractivity contribution >= 4 is 5.78 Å². The van der Waals surface area contributed by atoms with Crippen LogP contribution in [0, 0.1) is 0 Å². The van der Waals surface area contributed by atoms with Crippen molar-refractivity contribution in [2.45, 2.75) is 6.92 Å². The second kappa shape index (κ2) is 5.17. The minimum atomic E-state index is 0.0957. The van der Waals surface area contributed by atoms with Crippen molar-refractivity contribution in [1.82, 2.24) is 4.57 Å². The van der Waals surface area contributed by atoms with E-state index in [0.29, 0.717) is 0 Å². The van der Waals surface area contributed by atoms with Gasteiger partial charge in [-0.1, -0.05) is 42.5 Å². The summed E-state index contributed by atoms with van der Waals surface area (Å²) in [6, 6.07) is 20.0. The van der Waals surface area contributed by atoms with Crippen molar-refractivity contribution in [3.8, 4) is 16.8 Å². The number of rotatable bonds is 3. The molecule has 0 aliphatic carbocycles. The van der Waals surface area contributed by atoms with Crippen LogP contribution in [-0.2, 0) is 0 Å². The van der Waals surface area contributed by atoms with Crippen LogP contribution in [0.2, 0.25) is 0 Å². The lowest BCUT2D eigenvalue weighted by atomic mass is 10.1. The van der Waals surface area contributed by atoms with Crippen molar-refractivity contribution in [2.75, 3.05) is 0 Å². The van der Waals surface area contributed by atoms with Gasteiger partial charge < -0.3 is 4.57 Å². The fraction of sp³-hybridized carbons (Fsp3) is 0.0556. The first kappa shape index (κ1) is 12.4. The number of ketones is 1. The highest BCUT2D eigenvalue weighted by Crippen LogP contribution is 2.22. The molecule has 0 atom stereocenters. The van der Waals surface area contributed by atoms with E-state index in [4.69, 9.17) is 0 Å². The zero-order chi connectivity index (χ0) is 13.9. The van der Waals surface area contributed by atoms with Gasteiger partial charge in [0.1, 0.15) is 0 Å². The van der Waals surface area contributed by atoms with E-state index >= 15 is 0 Å². The Morgan fingerprint density at radius 3 is 2.20 bits per heavy atom. The zero-order valence-corrected chi connectivity index (χ0v) is 11.3. The summed E-state index contributed by atoms with van der Waals surface area (Å²) in [4.78, 5) is 11.3. The Morgan fingerprint density at radius 1 is 0.850 bits per heavy atom. The molecule has 2 aromatic carbocycles. The summed E-state index contributed by atoms with van der Waals surface area (Å²) in [5.41, 5.74) is 4.14. The number of para-hydroxylation sites is 1. The second-order valence-electron chi connectivity index (χ2n) is 4.78. The molecule has 2 nitrogen and oxygen atoms in total. The van der Waals surface area contributed by atoms with Crippen LogP contribution in [0.4, 0.5) is 0 Å². The largest absolute Gasteiger partial charge is 0.323 e. The molecule has 0 bridgehead atoms. The summed E-state index contributed by atoms with van der Waals surface area (Å²) in [6.07, 6.45) is 4.14. The molecule has 0 N–H and O–H groups in total. The van der Waals surface area contributed by atoms with Gasteiger partial charge in [-0.25, -0.2) is 0 Å². The fourth-order valence-corrected chi connectivity index (χ4v) is 2.23. The SMILES string of the molecule is CC(=O)c1ccc(-c2ccn(-c3ccccc3)c2)cc1. The fourth-order valence-electron chi connectivity index (χ4n) is 2.23. The molecule has 0 saturated carbocycles. The first-order chi connectivity index (χ1) is 9.74. The maximum atomic E-state index is 11.3. The number of benzene rings is 2. The summed E-state index contributed by atoms with van der Waals surface area (Å²) >= 11 is 0. The van der Waals surface area contributed by atoms with Crippen molar-refractivity contribution in [3.63, 3.8) is 0 Å². The Kier molecular flexibility index (Phi) is 3.21. The molecule has 0 aliphatic heterocycles. The Bertz CT molecular complexity index is 724. The van der Waals surface area contributed by atoms with E-state index in [1.807, 2.05) is 48.7 Å². The van der Waals surface area contributed by atoms with Gasteiger partial charge in [0.05, 0.1) is 0 Å². The molecular weight excluding hydrogens is 246 g/mol. The predicted octanol–water partition coefficient (Wildman–Crippen LogP) is 4.35. The Labute approximate surface area is 118 Å². The Balaban J connectivity index is 1.92. The van der Waals surface area contributed by atoms with Gasteiger partial charge in [0.15, 0.2) is 5.78 Å². The Hall–Kier alpha value is -2.61. The molecule has 0 saturated heterocycles. The van der Waals surface area contributed by atoms with Crippen LogP contribution in [-0.4, -0.2) is 10.4 Å². The highest BCUT2D eigenvalue weighted by Gasteiger charge is 2.03. The number of nitrogens with zero attached hydrogens (tertiary/aromatic N) is 1. The third-order valence-electron chi connectivity index (χ3n) is 3.37. The van der Waals surface area contributed by atoms with E-state index in [1.165, 1.54) is 0 Å². The average Bonchev–Trinajstić information content (AvgIpc) is 2.98. The van der Waals surface area contributed by atoms with Crippen molar-refractivity contribution < 1.29 is 4.79 Å². The summed E-state index contributed by atoms with van der Waals surface area (Å²) in [6.45, 7) is 1.58. The summed E-state index contributed by atoms with van der Waals surface area (Å²) in [5, 5.41) is 0. The standard InChI is InChI=1S/C18H15NO/c1-14(20)15-7-9-16(10-8-15)17-11-12-19(13-17)18-5-3-2-4-6-18/h2-13H,1H3. The minimum absolute atomic E-state index is 0.0957. The zero-order valence-electron chi connectivity index (χ0n) is 11.3. The third kappa shape index (κ3) is 2.41. The quantitative estimate of drug-likeness (QED) is 0.642. The van der Waals surface area contributed by atoms with Crippen LogP contribution in [0.15, 0.2) is 73.1 Å². The number of aromatic nitrogens is 1. The van der Waals surface area contributed by atoms with E-state index < -0.39 is 0 Å². The summed E-state index contributed by atoms with van der Waals surface area (Å²) in [5.74, 6) is 0.0957. The van der Waals surface area contributed by atoms with E-state index in [2.05, 4.69) is 29.0 Å². The second-order valence-corrected chi connectivity index (χ2v) is 4.78. The van der Waals surface area contributed by atoms with Crippen LogP contribution in [0.1, 0.15) is 17.3 Å². The maximum Gasteiger partial charge on any atom is 0.159 e. The topological polar surface area (TPSA) is 22.0 Å². The Morgan fingerprint density at radius 2 is 1.55 bits per heavy atom. The molecule has 0 aliphatic rings. The first-order valence-electron chi connectivity index (χ1n) is 6.59. The number of Topliss-reactive ketones (excluding diaryl/α,β-unsaturated/α-hetero) is 1. The molecule has 1 heterocycles. The molecule has 2 heteroatoms. The highest BCUT2D eigenvalue weighted by molar-refractivity contribution is 5.94. The molecule has 0 unspecified atom stereocenters. The predicted molar refractivity (Wildman–Crippen MR) is 81.2 cm³/mol. The van der Waals surface area contributed by atoms with Crippen LogP contribution < -0.4 is 0 Å². The van der Waals surface area contributed by atoms with Crippen LogP contribution in [0.25, 0.3) is 16.8 Å². The molecule has 98 valence electrons. The lowest BCUT2D eigenvalue weighted by molar-refractivity contribution is 0.101. The number of hydrogen-bond acceptors (Lipinski definition) is 1. The van der Waals surface area contributed by atoms with E-state index in [0.717, 1.165) is 22.4 Å². The van der Waals surface area contributed by atoms with Gasteiger partial charge in [0.25, 0.3) is 0 Å². The van der Waals surface area contributed by atoms with Crippen molar-refractivity contribution in [2.24, 2.45) is 0 Å². The van der Waals surface area contributed by atoms with Crippen molar-refractivity contribution in [3.05, 3.63) is 78.6 Å². The van der Waals surface area contributed by atoms with Crippen LogP contribution in [0.3, 0.4) is 0 Å². The van der Waals surface area contributed by atoms with Gasteiger partial charge >= 0.3 is 0 Å². The maximum absolute atomic E-state index is 11.3. The van der Waals surface area contributed by atoms with Crippen molar-refractivity contribution in [1.29, 1.82) is 0 Å². The number of carbonyl (C=O) groups is 1. The average molecular weight is 261 g/mol. The van der Waals surface area contributed by atoms with E-state index in [9.17, 15) is 4.79 Å². The van der Waals surface area contributed by atoms with Gasteiger partial charge in [-0.05, 0) is 36.2 Å². The number of hydrogen-bond donors (Lipinski definition) is 0. The molecule has 0 spiro atoms. The molecule has 0 radical (unpaired) electrons. The molecule has 20 heavy (non-hydrogen) atoms. The van der Waals surface area contributed by atoms with Gasteiger partial charge in [0, 0.05) is 23.6 Å². The lowest BCUT2D eigenvalue weighted by Gasteiger charge is -2.02. The van der Waals surface area contributed by atoms with Crippen LogP contribution >= 0.6 is 0 Å². The third-order valence-corrected chi connectivity index (χ3v) is 3.37. The molecular formula is C18H15NO. The molecule has 1 aromatic heterocycles. The number of carbonyl (C=O) groups excluding carboxylic acids is 1. The van der Waals surface area contributed by atoms with E-state index in [-0.39, 0.29) is 5.78 Å². The summed E-state index contributed by atoms with van der Waals surface area (Å²) < 4.78 is 2.09. The normalized spacial score (nSPS) is 10.4. The molecule has 0 amide bonds. The van der Waals surface area contributed by atoms with Gasteiger partial charge in [-0.3, -0.25) is 4.79 Å². The van der Waals surface area contributed by atoms with Gasteiger partial charge in [0.2, 0.25) is 0 Å². The highest BCUT2D eigenvalue weighted by atomic mass is 16.1. The summed E-state index contributed by atoms with van der Waals surface area (Å²) in [7, 11) is 0. The molecule has 3 rings (SSSR count). The molecule has 0 fully saturated rings. The molecule has 3 aromatic rings. The van der Waals surface area contributed by atoms with Crippen LogP contribution in [0.5, 0.6) is 0 Å². The monoisotopic (exact) mass is 261 g/mol. The minimum Gasteiger partial charge on any atom is -0.323 e. The van der Waals surface area contributed by atoms with E-state index in [1.54, 1.807) is 6.92 Å².